The standard InChI is InChI=1S/C29H25N3O6S/c1-3-4-14-38-21-7-5-6-19(16-21)26(33)24-25(18-9-11-20(12-10-18)32(36)37)31(28(35)27(24)34)29-30-22-13-8-17(2)15-23(22)39-29/h5-13,15-16,25,33H,3-4,14H2,1-2H3. The first-order valence-corrected chi connectivity index (χ1v) is 13.3. The van der Waals surface area contributed by atoms with Crippen LogP contribution in [0.3, 0.4) is 0 Å². The number of rotatable bonds is 8. The van der Waals surface area contributed by atoms with E-state index in [9.17, 15) is 24.8 Å². The molecule has 3 aromatic carbocycles. The van der Waals surface area contributed by atoms with Gasteiger partial charge in [0, 0.05) is 17.7 Å². The Morgan fingerprint density at radius 3 is 2.62 bits per heavy atom. The summed E-state index contributed by atoms with van der Waals surface area (Å²) in [5.74, 6) is -1.55. The minimum atomic E-state index is -1.04. The van der Waals surface area contributed by atoms with Crippen molar-refractivity contribution in [1.29, 1.82) is 0 Å². The molecule has 1 fully saturated rings. The third-order valence-electron chi connectivity index (χ3n) is 6.48. The lowest BCUT2D eigenvalue weighted by atomic mass is 9.95. The molecule has 1 aliphatic rings. The number of non-ortho nitro benzene ring substituents is 1. The molecule has 1 aromatic heterocycles. The minimum absolute atomic E-state index is 0.130. The topological polar surface area (TPSA) is 123 Å². The average molecular weight is 544 g/mol. The predicted octanol–water partition coefficient (Wildman–Crippen LogP) is 6.32. The van der Waals surface area contributed by atoms with Gasteiger partial charge in [0.15, 0.2) is 5.13 Å². The zero-order chi connectivity index (χ0) is 27.7. The second kappa shape index (κ2) is 10.7. The van der Waals surface area contributed by atoms with Gasteiger partial charge in [-0.15, -0.1) is 0 Å². The fourth-order valence-corrected chi connectivity index (χ4v) is 5.56. The molecule has 1 aliphatic heterocycles. The molecule has 10 heteroatoms. The number of ketones is 1. The van der Waals surface area contributed by atoms with Gasteiger partial charge in [-0.1, -0.05) is 42.9 Å². The number of unbranched alkanes of at least 4 members (excludes halogenated alkanes) is 1. The number of aromatic nitrogens is 1. The SMILES string of the molecule is CCCCOc1cccc(C(O)=C2C(=O)C(=O)N(c3nc4ccc(C)cc4s3)C2c2ccc([N+](=O)[O-])cc2)c1. The fraction of sp³-hybridized carbons (Fsp3) is 0.207. The number of hydrogen-bond donors (Lipinski definition) is 1. The first kappa shape index (κ1) is 26.1. The van der Waals surface area contributed by atoms with Crippen molar-refractivity contribution < 1.29 is 24.4 Å². The lowest BCUT2D eigenvalue weighted by molar-refractivity contribution is -0.384. The predicted molar refractivity (Wildman–Crippen MR) is 149 cm³/mol. The highest BCUT2D eigenvalue weighted by Crippen LogP contribution is 2.44. The van der Waals surface area contributed by atoms with Crippen LogP contribution in [-0.2, 0) is 9.59 Å². The van der Waals surface area contributed by atoms with Crippen LogP contribution < -0.4 is 9.64 Å². The molecule has 0 radical (unpaired) electrons. The van der Waals surface area contributed by atoms with Crippen molar-refractivity contribution in [3.8, 4) is 5.75 Å². The van der Waals surface area contributed by atoms with E-state index in [-0.39, 0.29) is 22.2 Å². The van der Waals surface area contributed by atoms with E-state index in [1.807, 2.05) is 25.1 Å². The number of Topliss-reactive ketones (excluding diaryl/α,β-unsaturated/α-hetero) is 1. The Morgan fingerprint density at radius 1 is 1.13 bits per heavy atom. The second-order valence-electron chi connectivity index (χ2n) is 9.22. The maximum atomic E-state index is 13.5. The zero-order valence-corrected chi connectivity index (χ0v) is 22.1. The number of thiazole rings is 1. The number of nitrogens with zero attached hydrogens (tertiary/aromatic N) is 3. The molecule has 198 valence electrons. The Labute approximate surface area is 228 Å². The van der Waals surface area contributed by atoms with E-state index in [0.29, 0.717) is 29.0 Å². The molecule has 5 rings (SSSR count). The summed E-state index contributed by atoms with van der Waals surface area (Å²) in [5.41, 5.74) is 2.16. The molecule has 39 heavy (non-hydrogen) atoms. The van der Waals surface area contributed by atoms with Crippen molar-refractivity contribution in [3.05, 3.63) is 99.1 Å². The first-order valence-electron chi connectivity index (χ1n) is 12.4. The van der Waals surface area contributed by atoms with Crippen LogP contribution in [0.15, 0.2) is 72.3 Å². The van der Waals surface area contributed by atoms with Crippen LogP contribution in [-0.4, -0.2) is 33.3 Å². The van der Waals surface area contributed by atoms with E-state index in [0.717, 1.165) is 23.1 Å². The number of anilines is 1. The number of aliphatic hydroxyl groups is 1. The second-order valence-corrected chi connectivity index (χ2v) is 10.2. The van der Waals surface area contributed by atoms with Gasteiger partial charge in [0.25, 0.3) is 11.5 Å². The van der Waals surface area contributed by atoms with E-state index >= 15 is 0 Å². The number of carbonyl (C=O) groups excluding carboxylic acids is 2. The molecule has 1 saturated heterocycles. The monoisotopic (exact) mass is 543 g/mol. The molecule has 9 nitrogen and oxygen atoms in total. The first-order chi connectivity index (χ1) is 18.8. The largest absolute Gasteiger partial charge is 0.507 e. The molecular formula is C29H25N3O6S. The molecule has 0 aliphatic carbocycles. The Hall–Kier alpha value is -4.57. The molecule has 1 amide bonds. The molecular weight excluding hydrogens is 518 g/mol. The number of nitro groups is 1. The zero-order valence-electron chi connectivity index (χ0n) is 21.3. The quantitative estimate of drug-likeness (QED) is 0.0689. The van der Waals surface area contributed by atoms with Crippen LogP contribution in [0.5, 0.6) is 5.75 Å². The molecule has 0 saturated carbocycles. The van der Waals surface area contributed by atoms with Gasteiger partial charge in [0.2, 0.25) is 0 Å². The molecule has 1 unspecified atom stereocenters. The summed E-state index contributed by atoms with van der Waals surface area (Å²) < 4.78 is 6.60. The summed E-state index contributed by atoms with van der Waals surface area (Å²) in [5, 5.41) is 23.0. The fourth-order valence-electron chi connectivity index (χ4n) is 4.47. The summed E-state index contributed by atoms with van der Waals surface area (Å²) in [4.78, 5) is 43.5. The van der Waals surface area contributed by atoms with Crippen molar-refractivity contribution >= 4 is 49.8 Å². The van der Waals surface area contributed by atoms with Crippen molar-refractivity contribution in [2.45, 2.75) is 32.7 Å². The molecule has 0 bridgehead atoms. The van der Waals surface area contributed by atoms with Gasteiger partial charge in [-0.25, -0.2) is 4.98 Å². The van der Waals surface area contributed by atoms with Crippen LogP contribution in [0.2, 0.25) is 0 Å². The smallest absolute Gasteiger partial charge is 0.301 e. The third-order valence-corrected chi connectivity index (χ3v) is 7.49. The number of amides is 1. The van der Waals surface area contributed by atoms with Gasteiger partial charge >= 0.3 is 5.91 Å². The Kier molecular flexibility index (Phi) is 7.12. The summed E-state index contributed by atoms with van der Waals surface area (Å²) in [6, 6.07) is 16.9. The average Bonchev–Trinajstić information content (AvgIpc) is 3.46. The van der Waals surface area contributed by atoms with Gasteiger partial charge in [-0.2, -0.15) is 0 Å². The molecule has 4 aromatic rings. The number of aryl methyl sites for hydroxylation is 1. The molecule has 1 atom stereocenters. The van der Waals surface area contributed by atoms with Crippen LogP contribution in [0.25, 0.3) is 16.0 Å². The van der Waals surface area contributed by atoms with Gasteiger partial charge in [0.05, 0.1) is 33.4 Å². The summed E-state index contributed by atoms with van der Waals surface area (Å²) in [7, 11) is 0. The highest BCUT2D eigenvalue weighted by Gasteiger charge is 2.48. The maximum Gasteiger partial charge on any atom is 0.301 e. The van der Waals surface area contributed by atoms with E-state index in [1.165, 1.54) is 40.5 Å². The Balaban J connectivity index is 1.65. The summed E-state index contributed by atoms with van der Waals surface area (Å²) in [6.45, 7) is 4.50. The summed E-state index contributed by atoms with van der Waals surface area (Å²) in [6.07, 6.45) is 1.83. The number of benzene rings is 3. The number of aliphatic hydroxyl groups excluding tert-OH is 1. The Morgan fingerprint density at radius 2 is 1.90 bits per heavy atom. The lowest BCUT2D eigenvalue weighted by Crippen LogP contribution is -2.29. The number of hydrogen-bond acceptors (Lipinski definition) is 8. The van der Waals surface area contributed by atoms with E-state index < -0.39 is 22.7 Å². The number of ether oxygens (including phenoxy) is 1. The van der Waals surface area contributed by atoms with E-state index in [2.05, 4.69) is 11.9 Å². The van der Waals surface area contributed by atoms with Crippen LogP contribution >= 0.6 is 11.3 Å². The van der Waals surface area contributed by atoms with Crippen molar-refractivity contribution in [2.75, 3.05) is 11.5 Å². The van der Waals surface area contributed by atoms with Crippen molar-refractivity contribution in [3.63, 3.8) is 0 Å². The van der Waals surface area contributed by atoms with E-state index in [4.69, 9.17) is 4.74 Å². The minimum Gasteiger partial charge on any atom is -0.507 e. The molecule has 0 spiro atoms. The number of fused-ring (bicyclic) bond motifs is 1. The van der Waals surface area contributed by atoms with Crippen LogP contribution in [0.1, 0.15) is 42.5 Å². The number of nitro benzene ring substituents is 1. The van der Waals surface area contributed by atoms with Crippen LogP contribution in [0, 0.1) is 17.0 Å². The highest BCUT2D eigenvalue weighted by molar-refractivity contribution is 7.22. The maximum absolute atomic E-state index is 13.5. The number of carbonyl (C=O) groups is 2. The molecule has 2 heterocycles. The van der Waals surface area contributed by atoms with Gasteiger partial charge in [-0.05, 0) is 60.9 Å². The van der Waals surface area contributed by atoms with Gasteiger partial charge in [-0.3, -0.25) is 24.6 Å². The third kappa shape index (κ3) is 4.98. The highest BCUT2D eigenvalue weighted by atomic mass is 32.1. The van der Waals surface area contributed by atoms with Gasteiger partial charge in [0.1, 0.15) is 11.5 Å². The Bertz CT molecular complexity index is 1630. The van der Waals surface area contributed by atoms with E-state index in [1.54, 1.807) is 24.3 Å². The summed E-state index contributed by atoms with van der Waals surface area (Å²) >= 11 is 1.25. The van der Waals surface area contributed by atoms with Crippen LogP contribution in [0.4, 0.5) is 10.8 Å². The van der Waals surface area contributed by atoms with Gasteiger partial charge < -0.3 is 9.84 Å². The normalized spacial score (nSPS) is 16.7. The van der Waals surface area contributed by atoms with Crippen molar-refractivity contribution in [2.24, 2.45) is 0 Å². The van der Waals surface area contributed by atoms with Crippen molar-refractivity contribution in [1.82, 2.24) is 4.98 Å². The molecule has 1 N–H and O–H groups in total. The lowest BCUT2D eigenvalue weighted by Gasteiger charge is -2.23.